The fourth-order valence-corrected chi connectivity index (χ4v) is 2.23. The SMILES string of the molecule is CCOC1CC(C2COC(C)(C)O2)N(C)O1. The molecule has 16 heavy (non-hydrogen) atoms. The van der Waals surface area contributed by atoms with E-state index >= 15 is 0 Å². The van der Waals surface area contributed by atoms with E-state index in [9.17, 15) is 0 Å². The lowest BCUT2D eigenvalue weighted by Crippen LogP contribution is -2.38. The van der Waals surface area contributed by atoms with Gasteiger partial charge in [0.15, 0.2) is 12.1 Å². The third-order valence-corrected chi connectivity index (χ3v) is 3.00. The fourth-order valence-electron chi connectivity index (χ4n) is 2.23. The Hall–Kier alpha value is -0.200. The summed E-state index contributed by atoms with van der Waals surface area (Å²) in [7, 11) is 1.92. The first-order valence-electron chi connectivity index (χ1n) is 5.85. The Balaban J connectivity index is 1.91. The van der Waals surface area contributed by atoms with E-state index in [1.165, 1.54) is 0 Å². The summed E-state index contributed by atoms with van der Waals surface area (Å²) in [6.07, 6.45) is 0.742. The van der Waals surface area contributed by atoms with Gasteiger partial charge in [-0.25, -0.2) is 0 Å². The molecule has 0 N–H and O–H groups in total. The van der Waals surface area contributed by atoms with E-state index < -0.39 is 5.79 Å². The van der Waals surface area contributed by atoms with E-state index in [0.717, 1.165) is 6.42 Å². The monoisotopic (exact) mass is 231 g/mol. The van der Waals surface area contributed by atoms with Crippen LogP contribution in [0.25, 0.3) is 0 Å². The zero-order chi connectivity index (χ0) is 11.8. The molecule has 3 atom stereocenters. The molecule has 94 valence electrons. The molecule has 3 unspecified atom stereocenters. The van der Waals surface area contributed by atoms with Crippen molar-refractivity contribution in [1.29, 1.82) is 0 Å². The molecule has 0 spiro atoms. The molecule has 5 heteroatoms. The van der Waals surface area contributed by atoms with E-state index in [2.05, 4.69) is 0 Å². The van der Waals surface area contributed by atoms with Gasteiger partial charge in [0.25, 0.3) is 0 Å². The van der Waals surface area contributed by atoms with Crippen molar-refractivity contribution in [2.24, 2.45) is 0 Å². The minimum atomic E-state index is -0.477. The summed E-state index contributed by atoms with van der Waals surface area (Å²) >= 11 is 0. The summed E-state index contributed by atoms with van der Waals surface area (Å²) in [5, 5.41) is 1.83. The fraction of sp³-hybridized carbons (Fsp3) is 1.00. The third-order valence-electron chi connectivity index (χ3n) is 3.00. The highest BCUT2D eigenvalue weighted by atomic mass is 16.8. The molecular formula is C11H21NO4. The molecule has 0 saturated carbocycles. The standard InChI is InChI=1S/C11H21NO4/c1-5-13-10-6-8(12(4)16-10)9-7-14-11(2,3)15-9/h8-10H,5-7H2,1-4H3. The first-order chi connectivity index (χ1) is 7.52. The summed E-state index contributed by atoms with van der Waals surface area (Å²) in [4.78, 5) is 5.57. The summed E-state index contributed by atoms with van der Waals surface area (Å²) in [5.41, 5.74) is 0. The summed E-state index contributed by atoms with van der Waals surface area (Å²) in [5.74, 6) is -0.477. The summed E-state index contributed by atoms with van der Waals surface area (Å²) in [6.45, 7) is 7.11. The highest BCUT2D eigenvalue weighted by molar-refractivity contribution is 4.85. The molecule has 0 aliphatic carbocycles. The van der Waals surface area contributed by atoms with Gasteiger partial charge in [-0.1, -0.05) is 0 Å². The molecule has 5 nitrogen and oxygen atoms in total. The van der Waals surface area contributed by atoms with Crippen LogP contribution in [-0.4, -0.2) is 49.5 Å². The van der Waals surface area contributed by atoms with Gasteiger partial charge in [0.2, 0.25) is 0 Å². The molecule has 2 heterocycles. The van der Waals surface area contributed by atoms with E-state index in [4.69, 9.17) is 19.0 Å². The first kappa shape index (κ1) is 12.3. The highest BCUT2D eigenvalue weighted by Crippen LogP contribution is 2.31. The van der Waals surface area contributed by atoms with Gasteiger partial charge in [-0.05, 0) is 20.8 Å². The highest BCUT2D eigenvalue weighted by Gasteiger charge is 2.44. The molecule has 0 aromatic rings. The van der Waals surface area contributed by atoms with Crippen LogP contribution in [0.5, 0.6) is 0 Å². The van der Waals surface area contributed by atoms with Gasteiger partial charge in [0.1, 0.15) is 6.10 Å². The Morgan fingerprint density at radius 3 is 2.75 bits per heavy atom. The number of hydrogen-bond acceptors (Lipinski definition) is 5. The predicted octanol–water partition coefficient (Wildman–Crippen LogP) is 1.14. The van der Waals surface area contributed by atoms with Crippen molar-refractivity contribution < 1.29 is 19.0 Å². The van der Waals surface area contributed by atoms with Gasteiger partial charge >= 0.3 is 0 Å². The van der Waals surface area contributed by atoms with Gasteiger partial charge in [-0.2, -0.15) is 5.06 Å². The molecule has 0 bridgehead atoms. The van der Waals surface area contributed by atoms with Crippen molar-refractivity contribution in [3.05, 3.63) is 0 Å². The van der Waals surface area contributed by atoms with E-state index in [0.29, 0.717) is 13.2 Å². The van der Waals surface area contributed by atoms with Crippen LogP contribution in [-0.2, 0) is 19.0 Å². The van der Waals surface area contributed by atoms with Crippen LogP contribution >= 0.6 is 0 Å². The second kappa shape index (κ2) is 4.58. The van der Waals surface area contributed by atoms with Crippen LogP contribution in [0.2, 0.25) is 0 Å². The van der Waals surface area contributed by atoms with Crippen LogP contribution in [0.1, 0.15) is 27.2 Å². The Bertz CT molecular complexity index is 246. The summed E-state index contributed by atoms with van der Waals surface area (Å²) < 4.78 is 16.8. The third kappa shape index (κ3) is 2.55. The molecule has 2 aliphatic rings. The molecule has 0 radical (unpaired) electrons. The average molecular weight is 231 g/mol. The van der Waals surface area contributed by atoms with Crippen molar-refractivity contribution >= 4 is 0 Å². The molecular weight excluding hydrogens is 210 g/mol. The minimum Gasteiger partial charge on any atom is -0.351 e. The minimum absolute atomic E-state index is 0.0606. The maximum absolute atomic E-state index is 5.83. The lowest BCUT2D eigenvalue weighted by molar-refractivity contribution is -0.234. The predicted molar refractivity (Wildman–Crippen MR) is 57.6 cm³/mol. The Morgan fingerprint density at radius 2 is 2.19 bits per heavy atom. The van der Waals surface area contributed by atoms with E-state index in [1.807, 2.05) is 32.9 Å². The van der Waals surface area contributed by atoms with Crippen LogP contribution in [0.4, 0.5) is 0 Å². The van der Waals surface area contributed by atoms with Crippen molar-refractivity contribution in [1.82, 2.24) is 5.06 Å². The number of likely N-dealkylation sites (N-methyl/N-ethyl adjacent to an activating group) is 1. The second-order valence-corrected chi connectivity index (χ2v) is 4.71. The molecule has 0 aromatic carbocycles. The van der Waals surface area contributed by atoms with Crippen LogP contribution < -0.4 is 0 Å². The van der Waals surface area contributed by atoms with E-state index in [1.54, 1.807) is 0 Å². The number of nitrogens with zero attached hydrogens (tertiary/aromatic N) is 1. The number of ether oxygens (including phenoxy) is 3. The van der Waals surface area contributed by atoms with Crippen molar-refractivity contribution in [3.8, 4) is 0 Å². The Morgan fingerprint density at radius 1 is 1.44 bits per heavy atom. The topological polar surface area (TPSA) is 40.2 Å². The molecule has 2 saturated heterocycles. The molecule has 2 fully saturated rings. The van der Waals surface area contributed by atoms with Gasteiger partial charge < -0.3 is 14.2 Å². The van der Waals surface area contributed by atoms with E-state index in [-0.39, 0.29) is 18.4 Å². The summed E-state index contributed by atoms with van der Waals surface area (Å²) in [6, 6.07) is 0.207. The number of hydroxylamine groups is 2. The van der Waals surface area contributed by atoms with Crippen LogP contribution in [0.3, 0.4) is 0 Å². The number of rotatable bonds is 3. The normalized spacial score (nSPS) is 39.4. The number of hydrogen-bond donors (Lipinski definition) is 0. The zero-order valence-electron chi connectivity index (χ0n) is 10.4. The quantitative estimate of drug-likeness (QED) is 0.728. The maximum Gasteiger partial charge on any atom is 0.179 e. The van der Waals surface area contributed by atoms with Gasteiger partial charge in [0.05, 0.1) is 12.6 Å². The smallest absolute Gasteiger partial charge is 0.179 e. The molecule has 0 amide bonds. The maximum atomic E-state index is 5.83. The van der Waals surface area contributed by atoms with Crippen molar-refractivity contribution in [2.45, 2.75) is 51.4 Å². The largest absolute Gasteiger partial charge is 0.351 e. The van der Waals surface area contributed by atoms with Gasteiger partial charge in [0, 0.05) is 20.1 Å². The lowest BCUT2D eigenvalue weighted by atomic mass is 10.1. The average Bonchev–Trinajstić information content (AvgIpc) is 2.70. The second-order valence-electron chi connectivity index (χ2n) is 4.71. The van der Waals surface area contributed by atoms with Gasteiger partial charge in [-0.3, -0.25) is 4.84 Å². The molecule has 2 rings (SSSR count). The molecule has 0 aromatic heterocycles. The lowest BCUT2D eigenvalue weighted by Gasteiger charge is -2.23. The van der Waals surface area contributed by atoms with Crippen molar-refractivity contribution in [2.75, 3.05) is 20.3 Å². The zero-order valence-corrected chi connectivity index (χ0v) is 10.4. The van der Waals surface area contributed by atoms with Crippen LogP contribution in [0.15, 0.2) is 0 Å². The van der Waals surface area contributed by atoms with Crippen molar-refractivity contribution in [3.63, 3.8) is 0 Å². The van der Waals surface area contributed by atoms with Gasteiger partial charge in [-0.15, -0.1) is 0 Å². The Kier molecular flexibility index (Phi) is 3.51. The first-order valence-corrected chi connectivity index (χ1v) is 5.85. The Labute approximate surface area is 96.5 Å². The molecule has 2 aliphatic heterocycles. The van der Waals surface area contributed by atoms with Crippen LogP contribution in [0, 0.1) is 0 Å².